The lowest BCUT2D eigenvalue weighted by atomic mass is 10.1. The molecule has 0 aliphatic carbocycles. The Balaban J connectivity index is 2.41. The maximum atomic E-state index is 11.1. The molecule has 0 amide bonds. The minimum absolute atomic E-state index is 0.325. The molecule has 0 spiro atoms. The van der Waals surface area contributed by atoms with Gasteiger partial charge >= 0.3 is 5.76 Å². The van der Waals surface area contributed by atoms with Gasteiger partial charge in [0, 0.05) is 19.2 Å². The Morgan fingerprint density at radius 1 is 1.40 bits per heavy atom. The van der Waals surface area contributed by atoms with Gasteiger partial charge in [0.05, 0.1) is 0 Å². The van der Waals surface area contributed by atoms with Gasteiger partial charge < -0.3 is 10.2 Å². The van der Waals surface area contributed by atoms with Crippen LogP contribution in [0.4, 0.5) is 0 Å². The van der Waals surface area contributed by atoms with E-state index >= 15 is 0 Å². The van der Waals surface area contributed by atoms with Crippen LogP contribution in [-0.2, 0) is 13.6 Å². The van der Waals surface area contributed by atoms with E-state index in [0.717, 1.165) is 15.8 Å². The highest BCUT2D eigenvalue weighted by molar-refractivity contribution is 5.52. The Kier molecular flexibility index (Phi) is 2.39. The Bertz CT molecular complexity index is 510. The molecule has 0 atom stereocenters. The van der Waals surface area contributed by atoms with Gasteiger partial charge in [0.2, 0.25) is 5.89 Å². The first-order valence-electron chi connectivity index (χ1n) is 4.54. The molecule has 0 unspecified atom stereocenters. The second kappa shape index (κ2) is 3.70. The lowest BCUT2D eigenvalue weighted by Crippen LogP contribution is -2.09. The van der Waals surface area contributed by atoms with Gasteiger partial charge in [0.25, 0.3) is 0 Å². The van der Waals surface area contributed by atoms with Crippen molar-refractivity contribution >= 4 is 0 Å². The monoisotopic (exact) mass is 205 g/mol. The van der Waals surface area contributed by atoms with E-state index in [4.69, 9.17) is 10.2 Å². The highest BCUT2D eigenvalue weighted by atomic mass is 16.4. The van der Waals surface area contributed by atoms with Crippen molar-refractivity contribution in [1.29, 1.82) is 0 Å². The number of nitrogens with two attached hydrogens (primary N) is 1. The zero-order chi connectivity index (χ0) is 10.8. The van der Waals surface area contributed by atoms with Crippen molar-refractivity contribution in [3.05, 3.63) is 40.4 Å². The summed E-state index contributed by atoms with van der Waals surface area (Å²) in [6.07, 6.45) is 0. The Hall–Kier alpha value is -1.88. The van der Waals surface area contributed by atoms with Crippen LogP contribution >= 0.6 is 0 Å². The van der Waals surface area contributed by atoms with Crippen LogP contribution in [0.5, 0.6) is 0 Å². The fraction of sp³-hybridized carbons (Fsp3) is 0.200. The zero-order valence-electron chi connectivity index (χ0n) is 8.30. The van der Waals surface area contributed by atoms with E-state index in [1.54, 1.807) is 7.05 Å². The maximum Gasteiger partial charge on any atom is 0.437 e. The molecule has 2 N–H and O–H groups in total. The predicted octanol–water partition coefficient (Wildman–Crippen LogP) is 0.499. The van der Waals surface area contributed by atoms with Gasteiger partial charge in [-0.15, -0.1) is 5.10 Å². The molecule has 1 aromatic carbocycles. The third-order valence-electron chi connectivity index (χ3n) is 2.13. The van der Waals surface area contributed by atoms with Crippen LogP contribution < -0.4 is 11.5 Å². The zero-order valence-corrected chi connectivity index (χ0v) is 8.30. The third-order valence-corrected chi connectivity index (χ3v) is 2.13. The molecule has 2 aromatic rings. The highest BCUT2D eigenvalue weighted by Crippen LogP contribution is 2.15. The molecule has 78 valence electrons. The summed E-state index contributed by atoms with van der Waals surface area (Å²) in [6.45, 7) is 0.493. The third kappa shape index (κ3) is 1.82. The van der Waals surface area contributed by atoms with Gasteiger partial charge in [-0.05, 0) is 17.7 Å². The average molecular weight is 205 g/mol. The predicted molar refractivity (Wildman–Crippen MR) is 55.1 cm³/mol. The van der Waals surface area contributed by atoms with E-state index in [1.807, 2.05) is 24.3 Å². The first-order chi connectivity index (χ1) is 7.20. The van der Waals surface area contributed by atoms with Crippen LogP contribution in [0.15, 0.2) is 33.5 Å². The molecule has 0 saturated carbocycles. The number of nitrogens with zero attached hydrogens (tertiary/aromatic N) is 2. The van der Waals surface area contributed by atoms with E-state index in [1.165, 1.54) is 0 Å². The molecule has 15 heavy (non-hydrogen) atoms. The normalized spacial score (nSPS) is 10.5. The molecule has 0 fully saturated rings. The molecular formula is C10H11N3O2. The van der Waals surface area contributed by atoms with Crippen molar-refractivity contribution in [2.75, 3.05) is 0 Å². The molecule has 0 bridgehead atoms. The smallest absolute Gasteiger partial charge is 0.388 e. The minimum Gasteiger partial charge on any atom is -0.388 e. The molecular weight excluding hydrogens is 194 g/mol. The Labute approximate surface area is 86.1 Å². The van der Waals surface area contributed by atoms with E-state index in [0.29, 0.717) is 12.4 Å². The summed E-state index contributed by atoms with van der Waals surface area (Å²) in [7, 11) is 1.55. The van der Waals surface area contributed by atoms with Gasteiger partial charge in [-0.25, -0.2) is 4.79 Å². The topological polar surface area (TPSA) is 74.1 Å². The minimum atomic E-state index is -0.465. The quantitative estimate of drug-likeness (QED) is 0.774. The van der Waals surface area contributed by atoms with E-state index in [2.05, 4.69) is 5.10 Å². The highest BCUT2D eigenvalue weighted by Gasteiger charge is 2.06. The fourth-order valence-electron chi connectivity index (χ4n) is 1.25. The standard InChI is InChI=1S/C10H11N3O2/c1-13-10(14)15-9(12-13)8-4-2-7(6-11)3-5-8/h2-5H,6,11H2,1H3. The number of aromatic nitrogens is 2. The van der Waals surface area contributed by atoms with Gasteiger partial charge in [-0.3, -0.25) is 0 Å². The van der Waals surface area contributed by atoms with E-state index in [9.17, 15) is 4.79 Å². The van der Waals surface area contributed by atoms with Crippen molar-refractivity contribution in [2.45, 2.75) is 6.54 Å². The van der Waals surface area contributed by atoms with Crippen LogP contribution in [0.3, 0.4) is 0 Å². The van der Waals surface area contributed by atoms with Crippen LogP contribution in [0.2, 0.25) is 0 Å². The Morgan fingerprint density at radius 2 is 2.07 bits per heavy atom. The first kappa shape index (κ1) is 9.67. The van der Waals surface area contributed by atoms with E-state index < -0.39 is 5.76 Å². The summed E-state index contributed by atoms with van der Waals surface area (Å²) < 4.78 is 6.10. The van der Waals surface area contributed by atoms with Gasteiger partial charge in [0.15, 0.2) is 0 Å². The number of benzene rings is 1. The summed E-state index contributed by atoms with van der Waals surface area (Å²) in [4.78, 5) is 11.1. The largest absolute Gasteiger partial charge is 0.437 e. The molecule has 2 rings (SSSR count). The molecule has 0 aliphatic heterocycles. The maximum absolute atomic E-state index is 11.1. The molecule has 0 radical (unpaired) electrons. The Morgan fingerprint density at radius 3 is 2.53 bits per heavy atom. The number of hydrogen-bond acceptors (Lipinski definition) is 4. The summed E-state index contributed by atoms with van der Waals surface area (Å²) in [5.41, 5.74) is 7.27. The molecule has 5 heteroatoms. The van der Waals surface area contributed by atoms with Crippen molar-refractivity contribution in [1.82, 2.24) is 9.78 Å². The van der Waals surface area contributed by atoms with Gasteiger partial charge in [0.1, 0.15) is 0 Å². The van der Waals surface area contributed by atoms with Crippen molar-refractivity contribution in [3.63, 3.8) is 0 Å². The van der Waals surface area contributed by atoms with Gasteiger partial charge in [-0.1, -0.05) is 12.1 Å². The number of aryl methyl sites for hydroxylation is 1. The molecule has 5 nitrogen and oxygen atoms in total. The summed E-state index contributed by atoms with van der Waals surface area (Å²) in [5, 5.41) is 3.94. The van der Waals surface area contributed by atoms with Crippen LogP contribution in [0.25, 0.3) is 11.5 Å². The van der Waals surface area contributed by atoms with Gasteiger partial charge in [-0.2, -0.15) is 4.68 Å². The lowest BCUT2D eigenvalue weighted by Gasteiger charge is -1.97. The second-order valence-electron chi connectivity index (χ2n) is 3.20. The molecule has 0 aliphatic rings. The fourth-order valence-corrected chi connectivity index (χ4v) is 1.25. The van der Waals surface area contributed by atoms with Crippen molar-refractivity contribution < 1.29 is 4.42 Å². The second-order valence-corrected chi connectivity index (χ2v) is 3.20. The van der Waals surface area contributed by atoms with Crippen molar-refractivity contribution in [2.24, 2.45) is 12.8 Å². The molecule has 1 heterocycles. The first-order valence-corrected chi connectivity index (χ1v) is 4.54. The molecule has 0 saturated heterocycles. The average Bonchev–Trinajstić information content (AvgIpc) is 2.59. The summed E-state index contributed by atoms with van der Waals surface area (Å²) >= 11 is 0. The lowest BCUT2D eigenvalue weighted by molar-refractivity contribution is 0.505. The number of hydrogen-bond donors (Lipinski definition) is 1. The van der Waals surface area contributed by atoms with Crippen molar-refractivity contribution in [3.8, 4) is 11.5 Å². The molecule has 1 aromatic heterocycles. The van der Waals surface area contributed by atoms with Crippen LogP contribution in [0.1, 0.15) is 5.56 Å². The summed E-state index contributed by atoms with van der Waals surface area (Å²) in [5.74, 6) is -0.140. The van der Waals surface area contributed by atoms with Crippen LogP contribution in [0, 0.1) is 0 Å². The SMILES string of the molecule is Cn1nc(-c2ccc(CN)cc2)oc1=O. The number of rotatable bonds is 2. The van der Waals surface area contributed by atoms with Crippen LogP contribution in [-0.4, -0.2) is 9.78 Å². The van der Waals surface area contributed by atoms with E-state index in [-0.39, 0.29) is 0 Å². The summed E-state index contributed by atoms with van der Waals surface area (Å²) in [6, 6.07) is 7.41.